The van der Waals surface area contributed by atoms with E-state index in [9.17, 15) is 13.5 Å². The molecule has 8 heteroatoms. The number of hydrogen-bond donors (Lipinski definition) is 1. The average molecular weight is 499 g/mol. The molecule has 1 heterocycles. The monoisotopic (exact) mass is 498 g/mol. The van der Waals surface area contributed by atoms with E-state index < -0.39 is 34.5 Å². The van der Waals surface area contributed by atoms with Crippen molar-refractivity contribution >= 4 is 10.1 Å². The second-order valence-electron chi connectivity index (χ2n) is 8.47. The van der Waals surface area contributed by atoms with E-state index in [0.29, 0.717) is 6.61 Å². The Morgan fingerprint density at radius 2 is 1.29 bits per heavy atom. The Balaban J connectivity index is 1.49. The molecule has 4 atom stereocenters. The van der Waals surface area contributed by atoms with Gasteiger partial charge in [0.05, 0.1) is 31.3 Å². The first-order valence-electron chi connectivity index (χ1n) is 11.5. The number of aliphatic hydroxyl groups excluding tert-OH is 1. The summed E-state index contributed by atoms with van der Waals surface area (Å²) in [6.07, 6.45) is -2.70. The Morgan fingerprint density at radius 1 is 0.771 bits per heavy atom. The number of ether oxygens (including phenoxy) is 3. The number of aryl methyl sites for hydroxylation is 1. The highest BCUT2D eigenvalue weighted by Gasteiger charge is 2.46. The summed E-state index contributed by atoms with van der Waals surface area (Å²) in [6.45, 7) is 1.89. The third-order valence-corrected chi connectivity index (χ3v) is 7.15. The molecule has 1 aliphatic heterocycles. The minimum Gasteiger partial charge on any atom is -0.394 e. The fourth-order valence-electron chi connectivity index (χ4n) is 3.95. The van der Waals surface area contributed by atoms with Gasteiger partial charge in [0.15, 0.2) is 0 Å². The van der Waals surface area contributed by atoms with Crippen molar-refractivity contribution in [3.05, 3.63) is 102 Å². The van der Waals surface area contributed by atoms with E-state index in [-0.39, 0.29) is 24.7 Å². The zero-order valence-electron chi connectivity index (χ0n) is 19.5. The molecule has 3 aromatic rings. The van der Waals surface area contributed by atoms with Gasteiger partial charge in [-0.05, 0) is 30.2 Å². The Morgan fingerprint density at radius 3 is 1.80 bits per heavy atom. The highest BCUT2D eigenvalue weighted by Crippen LogP contribution is 2.29. The zero-order valence-corrected chi connectivity index (χ0v) is 20.3. The van der Waals surface area contributed by atoms with Crippen LogP contribution < -0.4 is 0 Å². The van der Waals surface area contributed by atoms with Crippen molar-refractivity contribution in [3.8, 4) is 0 Å². The van der Waals surface area contributed by atoms with Gasteiger partial charge < -0.3 is 19.3 Å². The minimum absolute atomic E-state index is 0.0680. The molecule has 35 heavy (non-hydrogen) atoms. The molecular formula is C27H30O7S. The van der Waals surface area contributed by atoms with Crippen molar-refractivity contribution in [2.75, 3.05) is 13.2 Å². The van der Waals surface area contributed by atoms with Crippen molar-refractivity contribution in [3.63, 3.8) is 0 Å². The van der Waals surface area contributed by atoms with Gasteiger partial charge in [-0.2, -0.15) is 8.42 Å². The SMILES string of the molecule is Cc1ccc(S(=O)(=O)OC[C@@H]2O[C@@H](CO)[C@@H](OCc3ccccc3)[C@@H]2OCc2ccccc2)cc1. The summed E-state index contributed by atoms with van der Waals surface area (Å²) in [6, 6.07) is 25.7. The maximum atomic E-state index is 12.7. The quantitative estimate of drug-likeness (QED) is 0.404. The van der Waals surface area contributed by atoms with Gasteiger partial charge in [-0.25, -0.2) is 0 Å². The smallest absolute Gasteiger partial charge is 0.297 e. The van der Waals surface area contributed by atoms with Gasteiger partial charge in [0.1, 0.15) is 24.4 Å². The largest absolute Gasteiger partial charge is 0.394 e. The van der Waals surface area contributed by atoms with Crippen LogP contribution in [0.4, 0.5) is 0 Å². The predicted octanol–water partition coefficient (Wildman–Crippen LogP) is 3.63. The van der Waals surface area contributed by atoms with Crippen LogP contribution in [0.15, 0.2) is 89.8 Å². The summed E-state index contributed by atoms with van der Waals surface area (Å²) in [5, 5.41) is 9.97. The van der Waals surface area contributed by atoms with Crippen LogP contribution >= 0.6 is 0 Å². The lowest BCUT2D eigenvalue weighted by Crippen LogP contribution is -2.40. The van der Waals surface area contributed by atoms with Gasteiger partial charge in [0, 0.05) is 0 Å². The summed E-state index contributed by atoms with van der Waals surface area (Å²) in [4.78, 5) is 0.0680. The van der Waals surface area contributed by atoms with E-state index in [1.165, 1.54) is 12.1 Å². The van der Waals surface area contributed by atoms with E-state index in [0.717, 1.165) is 16.7 Å². The van der Waals surface area contributed by atoms with Crippen LogP contribution in [-0.2, 0) is 41.7 Å². The van der Waals surface area contributed by atoms with Gasteiger partial charge in [-0.15, -0.1) is 0 Å². The molecule has 0 aromatic heterocycles. The zero-order chi connectivity index (χ0) is 24.7. The Labute approximate surface area is 206 Å². The normalized spacial score (nSPS) is 22.3. The Kier molecular flexibility index (Phi) is 8.67. The summed E-state index contributed by atoms with van der Waals surface area (Å²) in [7, 11) is -3.99. The number of benzene rings is 3. The van der Waals surface area contributed by atoms with Gasteiger partial charge in [-0.1, -0.05) is 78.4 Å². The fourth-order valence-corrected chi connectivity index (χ4v) is 4.87. The molecule has 0 spiro atoms. The van der Waals surface area contributed by atoms with Crippen LogP contribution in [0.25, 0.3) is 0 Å². The Bertz CT molecular complexity index is 1150. The number of aliphatic hydroxyl groups is 1. The van der Waals surface area contributed by atoms with Gasteiger partial charge in [0.2, 0.25) is 0 Å². The lowest BCUT2D eigenvalue weighted by atomic mass is 10.1. The first kappa shape index (κ1) is 25.5. The molecule has 0 unspecified atom stereocenters. The molecule has 0 aliphatic carbocycles. The molecule has 1 fully saturated rings. The van der Waals surface area contributed by atoms with Crippen molar-refractivity contribution < 1.29 is 31.9 Å². The third kappa shape index (κ3) is 6.76. The van der Waals surface area contributed by atoms with Crippen LogP contribution in [0.2, 0.25) is 0 Å². The molecule has 7 nitrogen and oxygen atoms in total. The van der Waals surface area contributed by atoms with Crippen molar-refractivity contribution in [2.24, 2.45) is 0 Å². The van der Waals surface area contributed by atoms with Crippen LogP contribution in [0, 0.1) is 6.92 Å². The molecule has 0 bridgehead atoms. The van der Waals surface area contributed by atoms with E-state index in [2.05, 4.69) is 0 Å². The third-order valence-electron chi connectivity index (χ3n) is 5.85. The van der Waals surface area contributed by atoms with Crippen LogP contribution in [-0.4, -0.2) is 51.2 Å². The van der Waals surface area contributed by atoms with Crippen LogP contribution in [0.1, 0.15) is 16.7 Å². The standard InChI is InChI=1S/C27H30O7S/c1-20-12-14-23(15-13-20)35(29,30)33-19-25-27(32-18-22-10-6-3-7-11-22)26(24(16-28)34-25)31-17-21-8-4-2-5-9-21/h2-15,24-28H,16-19H2,1H3/t24-,25-,26+,27+/m0/s1. The summed E-state index contributed by atoms with van der Waals surface area (Å²) < 4.78 is 49.1. The van der Waals surface area contributed by atoms with Crippen molar-refractivity contribution in [1.82, 2.24) is 0 Å². The molecular weight excluding hydrogens is 468 g/mol. The lowest BCUT2D eigenvalue weighted by molar-refractivity contribution is -0.0848. The topological polar surface area (TPSA) is 91.3 Å². The second-order valence-corrected chi connectivity index (χ2v) is 10.1. The molecule has 0 saturated carbocycles. The maximum Gasteiger partial charge on any atom is 0.297 e. The fraction of sp³-hybridized carbons (Fsp3) is 0.333. The van der Waals surface area contributed by atoms with E-state index in [1.807, 2.05) is 67.6 Å². The molecule has 1 saturated heterocycles. The van der Waals surface area contributed by atoms with E-state index >= 15 is 0 Å². The minimum atomic E-state index is -3.99. The highest BCUT2D eigenvalue weighted by atomic mass is 32.2. The summed E-state index contributed by atoms with van der Waals surface area (Å²) in [5.74, 6) is 0. The van der Waals surface area contributed by atoms with E-state index in [1.54, 1.807) is 12.1 Å². The van der Waals surface area contributed by atoms with Crippen LogP contribution in [0.3, 0.4) is 0 Å². The first-order valence-corrected chi connectivity index (χ1v) is 12.9. The Hall–Kier alpha value is -2.59. The molecule has 1 aliphatic rings. The summed E-state index contributed by atoms with van der Waals surface area (Å²) in [5.41, 5.74) is 2.86. The predicted molar refractivity (Wildman–Crippen MR) is 130 cm³/mol. The number of hydrogen-bond acceptors (Lipinski definition) is 7. The average Bonchev–Trinajstić information content (AvgIpc) is 3.23. The van der Waals surface area contributed by atoms with Crippen molar-refractivity contribution in [1.29, 1.82) is 0 Å². The first-order chi connectivity index (χ1) is 17.0. The lowest BCUT2D eigenvalue weighted by Gasteiger charge is -2.24. The molecule has 1 N–H and O–H groups in total. The van der Waals surface area contributed by atoms with Gasteiger partial charge in [0.25, 0.3) is 10.1 Å². The van der Waals surface area contributed by atoms with Gasteiger partial charge in [-0.3, -0.25) is 4.18 Å². The maximum absolute atomic E-state index is 12.7. The van der Waals surface area contributed by atoms with E-state index in [4.69, 9.17) is 18.4 Å². The van der Waals surface area contributed by atoms with Crippen molar-refractivity contribution in [2.45, 2.75) is 49.4 Å². The van der Waals surface area contributed by atoms with Gasteiger partial charge >= 0.3 is 0 Å². The van der Waals surface area contributed by atoms with Crippen LogP contribution in [0.5, 0.6) is 0 Å². The molecule has 0 radical (unpaired) electrons. The molecule has 3 aromatic carbocycles. The highest BCUT2D eigenvalue weighted by molar-refractivity contribution is 7.86. The molecule has 186 valence electrons. The molecule has 4 rings (SSSR count). The molecule has 0 amide bonds. The number of rotatable bonds is 11. The summed E-state index contributed by atoms with van der Waals surface area (Å²) >= 11 is 0. The second kappa shape index (κ2) is 11.9.